The summed E-state index contributed by atoms with van der Waals surface area (Å²) in [6.45, 7) is 0.0444. The van der Waals surface area contributed by atoms with Crippen molar-refractivity contribution in [3.8, 4) is 12.3 Å². The second-order valence-corrected chi connectivity index (χ2v) is 1.68. The molecule has 4 nitrogen and oxygen atoms in total. The predicted molar refractivity (Wildman–Crippen MR) is 35.9 cm³/mol. The molecule has 0 aromatic heterocycles. The third-order valence-electron chi connectivity index (χ3n) is 0.787. The van der Waals surface area contributed by atoms with Gasteiger partial charge in [0.25, 0.3) is 0 Å². The highest BCUT2D eigenvalue weighted by Gasteiger charge is 1.98. The molecule has 0 bridgehead atoms. The average molecular weight is 145 g/mol. The van der Waals surface area contributed by atoms with Gasteiger partial charge in [-0.1, -0.05) is 5.92 Å². The summed E-state index contributed by atoms with van der Waals surface area (Å²) >= 11 is 0. The Hall–Kier alpha value is -0.600. The smallest absolute Gasteiger partial charge is 0.128 e. The minimum absolute atomic E-state index is 0.151. The second-order valence-electron chi connectivity index (χ2n) is 1.68. The van der Waals surface area contributed by atoms with E-state index in [9.17, 15) is 0 Å². The molecule has 10 heavy (non-hydrogen) atoms. The van der Waals surface area contributed by atoms with E-state index in [1.165, 1.54) is 0 Å². The number of hydrogen-bond acceptors (Lipinski definition) is 4. The summed E-state index contributed by atoms with van der Waals surface area (Å²) in [6.07, 6.45) is 4.06. The molecule has 0 radical (unpaired) electrons. The lowest BCUT2D eigenvalue weighted by Crippen LogP contribution is -2.29. The molecular weight excluding hydrogens is 134 g/mol. The molecule has 0 aliphatic heterocycles. The van der Waals surface area contributed by atoms with Crippen LogP contribution in [0, 0.1) is 12.3 Å². The van der Waals surface area contributed by atoms with Crippen LogP contribution in [0.2, 0.25) is 0 Å². The zero-order valence-corrected chi connectivity index (χ0v) is 5.58. The standard InChI is InChI=1S/C6H11NO3/c1-2-3-10-7-4-6(9)5-8/h1,6-9H,3-5H2/t6-/m0/s1. The second kappa shape index (κ2) is 6.52. The Labute approximate surface area is 59.8 Å². The van der Waals surface area contributed by atoms with Crippen molar-refractivity contribution in [1.29, 1.82) is 0 Å². The fraction of sp³-hybridized carbons (Fsp3) is 0.667. The first kappa shape index (κ1) is 9.40. The first-order valence-corrected chi connectivity index (χ1v) is 2.88. The van der Waals surface area contributed by atoms with E-state index < -0.39 is 6.10 Å². The topological polar surface area (TPSA) is 61.7 Å². The summed E-state index contributed by atoms with van der Waals surface area (Å²) in [7, 11) is 0. The first-order valence-electron chi connectivity index (χ1n) is 2.88. The highest BCUT2D eigenvalue weighted by atomic mass is 16.6. The van der Waals surface area contributed by atoms with Gasteiger partial charge in [0.15, 0.2) is 0 Å². The molecule has 0 aromatic rings. The van der Waals surface area contributed by atoms with Gasteiger partial charge in [-0.15, -0.1) is 6.42 Å². The van der Waals surface area contributed by atoms with Crippen LogP contribution >= 0.6 is 0 Å². The van der Waals surface area contributed by atoms with Gasteiger partial charge in [0.05, 0.1) is 12.7 Å². The van der Waals surface area contributed by atoms with E-state index in [1.807, 2.05) is 0 Å². The van der Waals surface area contributed by atoms with E-state index in [0.29, 0.717) is 0 Å². The maximum absolute atomic E-state index is 8.71. The van der Waals surface area contributed by atoms with Crippen molar-refractivity contribution in [1.82, 2.24) is 5.48 Å². The number of aliphatic hydroxyl groups excluding tert-OH is 2. The van der Waals surface area contributed by atoms with Gasteiger partial charge in [-0.25, -0.2) is 0 Å². The molecule has 1 atom stereocenters. The summed E-state index contributed by atoms with van der Waals surface area (Å²) in [5.41, 5.74) is 2.38. The lowest BCUT2D eigenvalue weighted by atomic mass is 10.4. The minimum Gasteiger partial charge on any atom is -0.394 e. The normalized spacial score (nSPS) is 12.5. The molecule has 0 aliphatic rings. The van der Waals surface area contributed by atoms with Crippen molar-refractivity contribution in [2.24, 2.45) is 0 Å². The summed E-state index contributed by atoms with van der Waals surface area (Å²) < 4.78 is 0. The van der Waals surface area contributed by atoms with Crippen LogP contribution < -0.4 is 5.48 Å². The SMILES string of the molecule is C#CCONC[C@H](O)CO. The summed E-state index contributed by atoms with van der Waals surface area (Å²) in [4.78, 5) is 4.60. The molecule has 0 saturated heterocycles. The van der Waals surface area contributed by atoms with E-state index >= 15 is 0 Å². The predicted octanol–water partition coefficient (Wildman–Crippen LogP) is -1.51. The van der Waals surface area contributed by atoms with Gasteiger partial charge in [-0.05, 0) is 0 Å². The lowest BCUT2D eigenvalue weighted by Gasteiger charge is -2.06. The van der Waals surface area contributed by atoms with Crippen molar-refractivity contribution in [3.63, 3.8) is 0 Å². The van der Waals surface area contributed by atoms with Crippen molar-refractivity contribution < 1.29 is 15.1 Å². The molecule has 0 aromatic carbocycles. The number of terminal acetylenes is 1. The van der Waals surface area contributed by atoms with Crippen LogP contribution in [0.4, 0.5) is 0 Å². The highest BCUT2D eigenvalue weighted by molar-refractivity contribution is 4.82. The third-order valence-corrected chi connectivity index (χ3v) is 0.787. The summed E-state index contributed by atoms with van der Waals surface area (Å²) in [5.74, 6) is 2.23. The highest BCUT2D eigenvalue weighted by Crippen LogP contribution is 1.75. The fourth-order valence-corrected chi connectivity index (χ4v) is 0.312. The molecule has 0 fully saturated rings. The van der Waals surface area contributed by atoms with E-state index in [2.05, 4.69) is 16.2 Å². The van der Waals surface area contributed by atoms with Crippen LogP contribution in [-0.4, -0.2) is 36.1 Å². The van der Waals surface area contributed by atoms with E-state index in [4.69, 9.17) is 16.6 Å². The van der Waals surface area contributed by atoms with Crippen LogP contribution in [0.5, 0.6) is 0 Å². The fourth-order valence-electron chi connectivity index (χ4n) is 0.312. The van der Waals surface area contributed by atoms with Gasteiger partial charge >= 0.3 is 0 Å². The summed E-state index contributed by atoms with van der Waals surface area (Å²) in [6, 6.07) is 0. The Bertz CT molecular complexity index is 110. The number of hydrogen-bond donors (Lipinski definition) is 3. The van der Waals surface area contributed by atoms with Crippen LogP contribution in [-0.2, 0) is 4.84 Å². The Morgan fingerprint density at radius 2 is 2.40 bits per heavy atom. The maximum atomic E-state index is 8.71. The minimum atomic E-state index is -0.794. The molecule has 0 rings (SSSR count). The Morgan fingerprint density at radius 3 is 2.90 bits per heavy atom. The Kier molecular flexibility index (Phi) is 6.13. The molecule has 58 valence electrons. The van der Waals surface area contributed by atoms with Gasteiger partial charge in [-0.2, -0.15) is 5.48 Å². The number of aliphatic hydroxyl groups is 2. The largest absolute Gasteiger partial charge is 0.394 e. The van der Waals surface area contributed by atoms with Crippen LogP contribution in [0.1, 0.15) is 0 Å². The van der Waals surface area contributed by atoms with E-state index in [-0.39, 0.29) is 19.8 Å². The Morgan fingerprint density at radius 1 is 1.70 bits per heavy atom. The molecule has 0 amide bonds. The van der Waals surface area contributed by atoms with E-state index in [1.54, 1.807) is 0 Å². The van der Waals surface area contributed by atoms with Gasteiger partial charge in [-0.3, -0.25) is 4.84 Å². The third kappa shape index (κ3) is 5.54. The monoisotopic (exact) mass is 145 g/mol. The maximum Gasteiger partial charge on any atom is 0.128 e. The number of hydroxylamine groups is 1. The van der Waals surface area contributed by atoms with Gasteiger partial charge in [0, 0.05) is 6.54 Å². The summed E-state index contributed by atoms with van der Waals surface area (Å²) in [5, 5.41) is 17.0. The van der Waals surface area contributed by atoms with Crippen molar-refractivity contribution in [2.75, 3.05) is 19.8 Å². The molecule has 0 spiro atoms. The molecule has 0 unspecified atom stereocenters. The van der Waals surface area contributed by atoms with Crippen molar-refractivity contribution in [2.45, 2.75) is 6.10 Å². The molecule has 0 saturated carbocycles. The van der Waals surface area contributed by atoms with Crippen molar-refractivity contribution >= 4 is 0 Å². The molecule has 3 N–H and O–H groups in total. The zero-order valence-electron chi connectivity index (χ0n) is 5.58. The van der Waals surface area contributed by atoms with E-state index in [0.717, 1.165) is 0 Å². The van der Waals surface area contributed by atoms with Gasteiger partial charge in [0.1, 0.15) is 6.61 Å². The first-order chi connectivity index (χ1) is 4.81. The van der Waals surface area contributed by atoms with Gasteiger partial charge < -0.3 is 10.2 Å². The van der Waals surface area contributed by atoms with Crippen LogP contribution in [0.15, 0.2) is 0 Å². The quantitative estimate of drug-likeness (QED) is 0.250. The Balaban J connectivity index is 2.98. The number of nitrogens with one attached hydrogen (secondary N) is 1. The lowest BCUT2D eigenvalue weighted by molar-refractivity contribution is 0.0147. The zero-order chi connectivity index (χ0) is 7.82. The molecule has 0 heterocycles. The van der Waals surface area contributed by atoms with Crippen LogP contribution in [0.25, 0.3) is 0 Å². The van der Waals surface area contributed by atoms with Gasteiger partial charge in [0.2, 0.25) is 0 Å². The van der Waals surface area contributed by atoms with Crippen LogP contribution in [0.3, 0.4) is 0 Å². The number of rotatable bonds is 5. The van der Waals surface area contributed by atoms with Crippen molar-refractivity contribution in [3.05, 3.63) is 0 Å². The molecular formula is C6H11NO3. The molecule has 0 aliphatic carbocycles. The molecule has 4 heteroatoms. The average Bonchev–Trinajstić information content (AvgIpc) is 1.98.